The Hall–Kier alpha value is 0.507. The van der Waals surface area contributed by atoms with Crippen molar-refractivity contribution in [1.82, 2.24) is 0 Å². The fourth-order valence-corrected chi connectivity index (χ4v) is 4.52. The highest BCUT2D eigenvalue weighted by Gasteiger charge is 2.21. The van der Waals surface area contributed by atoms with Crippen molar-refractivity contribution >= 4 is 18.5 Å². The highest BCUT2D eigenvalue weighted by Crippen LogP contribution is 2.27. The van der Waals surface area contributed by atoms with Crippen molar-refractivity contribution < 1.29 is 0 Å². The third kappa shape index (κ3) is 9.08. The van der Waals surface area contributed by atoms with Gasteiger partial charge in [-0.25, -0.2) is 0 Å². The molecule has 0 aromatic heterocycles. The van der Waals surface area contributed by atoms with Crippen molar-refractivity contribution in [3.8, 4) is 0 Å². The van der Waals surface area contributed by atoms with Crippen LogP contribution in [0.15, 0.2) is 0 Å². The minimum absolute atomic E-state index is 0.894. The Balaban J connectivity index is 3.58. The van der Waals surface area contributed by atoms with E-state index in [0.29, 0.717) is 0 Å². The number of hydrogen-bond donors (Lipinski definition) is 0. The molecular formula is C12H27ClSi. The molecule has 0 radical (unpaired) electrons. The molecule has 0 spiro atoms. The molecule has 2 heteroatoms. The maximum atomic E-state index is 6.39. The van der Waals surface area contributed by atoms with E-state index in [9.17, 15) is 0 Å². The maximum absolute atomic E-state index is 6.39. The van der Waals surface area contributed by atoms with Gasteiger partial charge in [-0.2, -0.15) is 11.1 Å². The third-order valence-corrected chi connectivity index (χ3v) is 4.83. The van der Waals surface area contributed by atoms with Crippen LogP contribution in [0.25, 0.3) is 0 Å². The molecule has 1 unspecified atom stereocenters. The molecular weight excluding hydrogens is 208 g/mol. The molecule has 0 aliphatic heterocycles. The summed E-state index contributed by atoms with van der Waals surface area (Å²) in [4.78, 5) is 0. The molecule has 0 heterocycles. The van der Waals surface area contributed by atoms with Crippen molar-refractivity contribution in [2.75, 3.05) is 0 Å². The van der Waals surface area contributed by atoms with Gasteiger partial charge in [0.2, 0.25) is 0 Å². The van der Waals surface area contributed by atoms with E-state index in [4.69, 9.17) is 11.1 Å². The monoisotopic (exact) mass is 234 g/mol. The number of hydrogen-bond acceptors (Lipinski definition) is 0. The van der Waals surface area contributed by atoms with E-state index in [1.54, 1.807) is 0 Å². The predicted octanol–water partition coefficient (Wildman–Crippen LogP) is 5.43. The molecule has 0 bridgehead atoms. The summed E-state index contributed by atoms with van der Waals surface area (Å²) in [6.45, 7) is 9.11. The number of halogens is 1. The molecule has 0 saturated heterocycles. The van der Waals surface area contributed by atoms with E-state index in [2.05, 4.69) is 26.9 Å². The van der Waals surface area contributed by atoms with Crippen molar-refractivity contribution in [3.05, 3.63) is 0 Å². The average molecular weight is 235 g/mol. The first-order chi connectivity index (χ1) is 6.49. The first-order valence-electron chi connectivity index (χ1n) is 6.18. The van der Waals surface area contributed by atoms with Gasteiger partial charge in [0.05, 0.1) is 0 Å². The van der Waals surface area contributed by atoms with Gasteiger partial charge in [-0.15, -0.1) is 0 Å². The van der Waals surface area contributed by atoms with Gasteiger partial charge in [-0.1, -0.05) is 65.5 Å². The van der Waals surface area contributed by atoms with Crippen LogP contribution in [0.2, 0.25) is 19.1 Å². The van der Waals surface area contributed by atoms with E-state index in [1.165, 1.54) is 44.6 Å². The summed E-state index contributed by atoms with van der Waals surface area (Å²) in [5.74, 6) is 0.894. The number of rotatable bonds is 8. The maximum Gasteiger partial charge on any atom is 0.150 e. The highest BCUT2D eigenvalue weighted by atomic mass is 35.6. The average Bonchev–Trinajstić information content (AvgIpc) is 2.08. The molecule has 0 fully saturated rings. The van der Waals surface area contributed by atoms with Gasteiger partial charge in [-0.05, 0) is 12.0 Å². The van der Waals surface area contributed by atoms with Crippen molar-refractivity contribution in [2.45, 2.75) is 71.5 Å². The molecule has 14 heavy (non-hydrogen) atoms. The molecule has 0 aromatic rings. The molecule has 0 aromatic carbocycles. The zero-order valence-electron chi connectivity index (χ0n) is 10.4. The number of unbranched alkanes of at least 4 members (excludes halogenated alkanes) is 3. The van der Waals surface area contributed by atoms with E-state index >= 15 is 0 Å². The zero-order chi connectivity index (χ0) is 11.0. The van der Waals surface area contributed by atoms with Gasteiger partial charge < -0.3 is 0 Å². The van der Waals surface area contributed by atoms with Crippen molar-refractivity contribution in [1.29, 1.82) is 0 Å². The second-order valence-corrected chi connectivity index (χ2v) is 12.0. The van der Waals surface area contributed by atoms with E-state index < -0.39 is 7.38 Å². The van der Waals surface area contributed by atoms with Crippen LogP contribution in [-0.2, 0) is 0 Å². The summed E-state index contributed by atoms with van der Waals surface area (Å²) in [5.41, 5.74) is 0. The lowest BCUT2D eigenvalue weighted by atomic mass is 10.0. The predicted molar refractivity (Wildman–Crippen MR) is 70.7 cm³/mol. The third-order valence-electron chi connectivity index (χ3n) is 2.82. The largest absolute Gasteiger partial charge is 0.168 e. The highest BCUT2D eigenvalue weighted by molar-refractivity contribution is 7.19. The quantitative estimate of drug-likeness (QED) is 0.299. The molecule has 0 amide bonds. The van der Waals surface area contributed by atoms with Crippen LogP contribution >= 0.6 is 11.1 Å². The Labute approximate surface area is 96.1 Å². The molecule has 86 valence electrons. The Morgan fingerprint density at radius 1 is 1.07 bits per heavy atom. The van der Waals surface area contributed by atoms with Crippen molar-refractivity contribution in [3.63, 3.8) is 0 Å². The van der Waals surface area contributed by atoms with Crippen LogP contribution in [0.4, 0.5) is 0 Å². The van der Waals surface area contributed by atoms with Gasteiger partial charge >= 0.3 is 0 Å². The SMILES string of the molecule is CCCCCCC(CC)C[Si](C)(C)Cl. The lowest BCUT2D eigenvalue weighted by Gasteiger charge is -2.21. The molecule has 0 saturated carbocycles. The summed E-state index contributed by atoms with van der Waals surface area (Å²) in [5, 5.41) is 0. The van der Waals surface area contributed by atoms with Crippen LogP contribution < -0.4 is 0 Å². The Bertz CT molecular complexity index is 129. The van der Waals surface area contributed by atoms with Gasteiger partial charge in [-0.3, -0.25) is 0 Å². The topological polar surface area (TPSA) is 0 Å². The van der Waals surface area contributed by atoms with E-state index in [-0.39, 0.29) is 0 Å². The Morgan fingerprint density at radius 3 is 2.14 bits per heavy atom. The van der Waals surface area contributed by atoms with Crippen LogP contribution in [0.1, 0.15) is 52.4 Å². The summed E-state index contributed by atoms with van der Waals surface area (Å²) in [6, 6.07) is 1.30. The van der Waals surface area contributed by atoms with Crippen LogP contribution in [0.5, 0.6) is 0 Å². The minimum atomic E-state index is -1.34. The lowest BCUT2D eigenvalue weighted by Crippen LogP contribution is -2.20. The molecule has 0 aliphatic rings. The molecule has 0 rings (SSSR count). The van der Waals surface area contributed by atoms with Crippen LogP contribution in [-0.4, -0.2) is 7.38 Å². The molecule has 0 aliphatic carbocycles. The Morgan fingerprint density at radius 2 is 1.71 bits per heavy atom. The normalized spacial score (nSPS) is 14.4. The standard InChI is InChI=1S/C12H27ClSi/c1-5-7-8-9-10-12(6-2)11-14(3,4)13/h12H,5-11H2,1-4H3. The molecule has 1 atom stereocenters. The van der Waals surface area contributed by atoms with Gasteiger partial charge in [0.15, 0.2) is 7.38 Å². The second-order valence-electron chi connectivity index (χ2n) is 5.05. The first-order valence-corrected chi connectivity index (χ1v) is 10.4. The minimum Gasteiger partial charge on any atom is -0.168 e. The summed E-state index contributed by atoms with van der Waals surface area (Å²) >= 11 is 6.39. The zero-order valence-corrected chi connectivity index (χ0v) is 12.2. The molecule has 0 N–H and O–H groups in total. The fourth-order valence-electron chi connectivity index (χ4n) is 2.00. The molecule has 0 nitrogen and oxygen atoms in total. The van der Waals surface area contributed by atoms with Crippen LogP contribution in [0.3, 0.4) is 0 Å². The smallest absolute Gasteiger partial charge is 0.150 e. The van der Waals surface area contributed by atoms with Crippen LogP contribution in [0, 0.1) is 5.92 Å². The summed E-state index contributed by atoms with van der Waals surface area (Å²) in [6.07, 6.45) is 8.28. The van der Waals surface area contributed by atoms with Crippen molar-refractivity contribution in [2.24, 2.45) is 5.92 Å². The summed E-state index contributed by atoms with van der Waals surface area (Å²) < 4.78 is 0. The second kappa shape index (κ2) is 7.75. The lowest BCUT2D eigenvalue weighted by molar-refractivity contribution is 0.473. The first kappa shape index (κ1) is 14.5. The Kier molecular flexibility index (Phi) is 8.03. The van der Waals surface area contributed by atoms with Gasteiger partial charge in [0.1, 0.15) is 0 Å². The van der Waals surface area contributed by atoms with E-state index in [1.807, 2.05) is 0 Å². The summed E-state index contributed by atoms with van der Waals surface area (Å²) in [7, 11) is -1.34. The van der Waals surface area contributed by atoms with Gasteiger partial charge in [0, 0.05) is 0 Å². The fraction of sp³-hybridized carbons (Fsp3) is 1.00. The van der Waals surface area contributed by atoms with Gasteiger partial charge in [0.25, 0.3) is 0 Å². The van der Waals surface area contributed by atoms with E-state index in [0.717, 1.165) is 5.92 Å².